The van der Waals surface area contributed by atoms with Crippen LogP contribution in [-0.4, -0.2) is 17.3 Å². The van der Waals surface area contributed by atoms with E-state index in [1.165, 1.54) is 6.92 Å². The summed E-state index contributed by atoms with van der Waals surface area (Å²) in [5.74, 6) is -2.53. The third kappa shape index (κ3) is 0.902. The second-order valence-corrected chi connectivity index (χ2v) is 2.88. The molecule has 1 saturated carbocycles. The second-order valence-electron chi connectivity index (χ2n) is 2.88. The van der Waals surface area contributed by atoms with E-state index in [1.807, 2.05) is 0 Å². The van der Waals surface area contributed by atoms with Gasteiger partial charge in [0.1, 0.15) is 0 Å². The number of carbonyl (C=O) groups is 1. The third-order valence-corrected chi connectivity index (χ3v) is 2.20. The third-order valence-electron chi connectivity index (χ3n) is 2.20. The molecule has 0 aromatic carbocycles. The van der Waals surface area contributed by atoms with E-state index in [1.54, 1.807) is 0 Å². The van der Waals surface area contributed by atoms with Gasteiger partial charge in [0.05, 0.1) is 0 Å². The van der Waals surface area contributed by atoms with Crippen molar-refractivity contribution in [3.8, 4) is 0 Å². The van der Waals surface area contributed by atoms with E-state index in [-0.39, 0.29) is 6.42 Å². The fraction of sp³-hybridized carbons (Fsp3) is 0.833. The molecular formula is C6H7F3O2. The lowest BCUT2D eigenvalue weighted by atomic mass is 10.0. The van der Waals surface area contributed by atoms with Crippen molar-refractivity contribution in [2.45, 2.75) is 19.5 Å². The van der Waals surface area contributed by atoms with Gasteiger partial charge in [0.2, 0.25) is 0 Å². The molecule has 0 aromatic rings. The maximum absolute atomic E-state index is 12.0. The number of hydrogen-bond donors (Lipinski definition) is 1. The standard InChI is InChI=1S/C6H7F3O2/c1-3-2-5(3,4(10)11)6(7,8)9/h3H,2H2,1H3,(H,10,11). The molecule has 1 N–H and O–H groups in total. The molecule has 64 valence electrons. The highest BCUT2D eigenvalue weighted by atomic mass is 19.4. The highest BCUT2D eigenvalue weighted by Gasteiger charge is 2.74. The van der Waals surface area contributed by atoms with Crippen molar-refractivity contribution in [3.05, 3.63) is 0 Å². The zero-order chi connectivity index (χ0) is 8.86. The van der Waals surface area contributed by atoms with Crippen LogP contribution in [0, 0.1) is 11.3 Å². The summed E-state index contributed by atoms with van der Waals surface area (Å²) in [7, 11) is 0. The number of halogens is 3. The fourth-order valence-electron chi connectivity index (χ4n) is 1.24. The van der Waals surface area contributed by atoms with E-state index >= 15 is 0 Å². The van der Waals surface area contributed by atoms with Gasteiger partial charge in [-0.1, -0.05) is 6.92 Å². The highest BCUT2D eigenvalue weighted by Crippen LogP contribution is 2.62. The smallest absolute Gasteiger partial charge is 0.405 e. The Kier molecular flexibility index (Phi) is 1.44. The van der Waals surface area contributed by atoms with Gasteiger partial charge in [-0.3, -0.25) is 4.79 Å². The average Bonchev–Trinajstić information content (AvgIpc) is 2.39. The number of hydrogen-bond acceptors (Lipinski definition) is 1. The summed E-state index contributed by atoms with van der Waals surface area (Å²) in [5.41, 5.74) is -2.44. The van der Waals surface area contributed by atoms with Crippen molar-refractivity contribution in [2.24, 2.45) is 11.3 Å². The molecule has 0 amide bonds. The molecule has 0 radical (unpaired) electrons. The lowest BCUT2D eigenvalue weighted by Gasteiger charge is -2.14. The summed E-state index contributed by atoms with van der Waals surface area (Å²) in [6, 6.07) is 0. The molecule has 2 atom stereocenters. The van der Waals surface area contributed by atoms with Gasteiger partial charge >= 0.3 is 12.1 Å². The van der Waals surface area contributed by atoms with Gasteiger partial charge in [0.15, 0.2) is 5.41 Å². The maximum atomic E-state index is 12.0. The minimum atomic E-state index is -4.60. The zero-order valence-corrected chi connectivity index (χ0v) is 5.77. The predicted molar refractivity (Wildman–Crippen MR) is 29.9 cm³/mol. The molecule has 1 aliphatic rings. The Hall–Kier alpha value is -0.740. The number of aliphatic carboxylic acids is 1. The van der Waals surface area contributed by atoms with E-state index in [2.05, 4.69) is 0 Å². The number of carboxylic acids is 1. The van der Waals surface area contributed by atoms with E-state index in [4.69, 9.17) is 5.11 Å². The fourth-order valence-corrected chi connectivity index (χ4v) is 1.24. The first-order valence-electron chi connectivity index (χ1n) is 3.12. The van der Waals surface area contributed by atoms with Crippen molar-refractivity contribution < 1.29 is 23.1 Å². The number of alkyl halides is 3. The monoisotopic (exact) mass is 168 g/mol. The minimum Gasteiger partial charge on any atom is -0.481 e. The van der Waals surface area contributed by atoms with Crippen molar-refractivity contribution in [1.29, 1.82) is 0 Å². The van der Waals surface area contributed by atoms with E-state index in [0.29, 0.717) is 0 Å². The molecule has 0 bridgehead atoms. The van der Waals surface area contributed by atoms with Crippen LogP contribution in [-0.2, 0) is 4.79 Å². The van der Waals surface area contributed by atoms with E-state index in [0.717, 1.165) is 0 Å². The molecule has 5 heteroatoms. The molecule has 11 heavy (non-hydrogen) atoms. The van der Waals surface area contributed by atoms with Crippen LogP contribution in [0.15, 0.2) is 0 Å². The van der Waals surface area contributed by atoms with Crippen LogP contribution in [0.4, 0.5) is 13.2 Å². The van der Waals surface area contributed by atoms with Crippen molar-refractivity contribution in [2.75, 3.05) is 0 Å². The highest BCUT2D eigenvalue weighted by molar-refractivity contribution is 5.79. The van der Waals surface area contributed by atoms with Gasteiger partial charge in [-0.05, 0) is 12.3 Å². The molecule has 0 aliphatic heterocycles. The summed E-state index contributed by atoms with van der Waals surface area (Å²) >= 11 is 0. The molecule has 0 heterocycles. The van der Waals surface area contributed by atoms with Crippen LogP contribution in [0.2, 0.25) is 0 Å². The molecule has 2 nitrogen and oxygen atoms in total. The maximum Gasteiger partial charge on any atom is 0.405 e. The summed E-state index contributed by atoms with van der Waals surface area (Å²) in [6.45, 7) is 1.29. The van der Waals surface area contributed by atoms with Gasteiger partial charge in [-0.15, -0.1) is 0 Å². The second kappa shape index (κ2) is 1.89. The van der Waals surface area contributed by atoms with Gasteiger partial charge in [0, 0.05) is 0 Å². The van der Waals surface area contributed by atoms with Crippen LogP contribution in [0.3, 0.4) is 0 Å². The lowest BCUT2D eigenvalue weighted by Crippen LogP contribution is -2.34. The van der Waals surface area contributed by atoms with Crippen LogP contribution >= 0.6 is 0 Å². The molecule has 1 aliphatic carbocycles. The molecule has 1 fully saturated rings. The topological polar surface area (TPSA) is 37.3 Å². The lowest BCUT2D eigenvalue weighted by molar-refractivity contribution is -0.205. The average molecular weight is 168 g/mol. The first-order chi connectivity index (χ1) is 4.82. The van der Waals surface area contributed by atoms with E-state index in [9.17, 15) is 18.0 Å². The summed E-state index contributed by atoms with van der Waals surface area (Å²) in [5, 5.41) is 8.29. The van der Waals surface area contributed by atoms with Gasteiger partial charge in [-0.25, -0.2) is 0 Å². The van der Waals surface area contributed by atoms with Crippen molar-refractivity contribution >= 4 is 5.97 Å². The van der Waals surface area contributed by atoms with Crippen LogP contribution in [0.5, 0.6) is 0 Å². The largest absolute Gasteiger partial charge is 0.481 e. The van der Waals surface area contributed by atoms with Gasteiger partial charge in [-0.2, -0.15) is 13.2 Å². The Labute approximate surface area is 61.0 Å². The molecule has 1 rings (SSSR count). The molecule has 0 spiro atoms. The Morgan fingerprint density at radius 3 is 2.00 bits per heavy atom. The summed E-state index contributed by atoms with van der Waals surface area (Å²) < 4.78 is 36.0. The quantitative estimate of drug-likeness (QED) is 0.646. The predicted octanol–water partition coefficient (Wildman–Crippen LogP) is 1.66. The zero-order valence-electron chi connectivity index (χ0n) is 5.77. The normalized spacial score (nSPS) is 36.9. The first-order valence-corrected chi connectivity index (χ1v) is 3.12. The molecule has 0 saturated heterocycles. The van der Waals surface area contributed by atoms with Crippen LogP contribution in [0.1, 0.15) is 13.3 Å². The van der Waals surface area contributed by atoms with Crippen molar-refractivity contribution in [1.82, 2.24) is 0 Å². The van der Waals surface area contributed by atoms with Gasteiger partial charge in [0.25, 0.3) is 0 Å². The van der Waals surface area contributed by atoms with E-state index < -0.39 is 23.5 Å². The molecular weight excluding hydrogens is 161 g/mol. The summed E-state index contributed by atoms with van der Waals surface area (Å²) in [6.07, 6.45) is -4.88. The Morgan fingerprint density at radius 2 is 2.00 bits per heavy atom. The molecule has 2 unspecified atom stereocenters. The van der Waals surface area contributed by atoms with Gasteiger partial charge < -0.3 is 5.11 Å². The minimum absolute atomic E-state index is 0.286. The summed E-state index contributed by atoms with van der Waals surface area (Å²) in [4.78, 5) is 10.2. The van der Waals surface area contributed by atoms with Crippen molar-refractivity contribution in [3.63, 3.8) is 0 Å². The number of rotatable bonds is 1. The number of carboxylic acid groups (broad SMARTS) is 1. The Balaban J connectivity index is 2.89. The van der Waals surface area contributed by atoms with Crippen LogP contribution in [0.25, 0.3) is 0 Å². The first kappa shape index (κ1) is 8.36. The SMILES string of the molecule is CC1CC1(C(=O)O)C(F)(F)F. The Bertz CT molecular complexity index is 198. The Morgan fingerprint density at radius 1 is 1.64 bits per heavy atom. The molecule has 0 aromatic heterocycles. The van der Waals surface area contributed by atoms with Crippen LogP contribution < -0.4 is 0 Å².